The summed E-state index contributed by atoms with van der Waals surface area (Å²) >= 11 is 1.61. The number of nitrogen functional groups attached to an aromatic ring is 1. The third-order valence-corrected chi connectivity index (χ3v) is 4.21. The number of benzene rings is 1. The van der Waals surface area contributed by atoms with Crippen LogP contribution >= 0.6 is 11.8 Å². The number of anilines is 1. The van der Waals surface area contributed by atoms with Gasteiger partial charge in [0.15, 0.2) is 0 Å². The van der Waals surface area contributed by atoms with Gasteiger partial charge in [-0.25, -0.2) is 4.79 Å². The molecule has 1 aromatic rings. The Labute approximate surface area is 132 Å². The van der Waals surface area contributed by atoms with Gasteiger partial charge in [0.25, 0.3) is 0 Å². The summed E-state index contributed by atoms with van der Waals surface area (Å²) in [5.74, 6) is 0.636. The first kappa shape index (κ1) is 17.9. The van der Waals surface area contributed by atoms with E-state index < -0.39 is 0 Å². The zero-order valence-electron chi connectivity index (χ0n) is 13.2. The van der Waals surface area contributed by atoms with Crippen LogP contribution in [0.4, 0.5) is 5.69 Å². The smallest absolute Gasteiger partial charge is 0.339 e. The number of nitrogens with two attached hydrogens (primary N) is 1. The van der Waals surface area contributed by atoms with Crippen LogP contribution in [0.15, 0.2) is 23.1 Å². The Morgan fingerprint density at radius 3 is 2.62 bits per heavy atom. The second kappa shape index (κ2) is 9.68. The van der Waals surface area contributed by atoms with Crippen LogP contribution in [0.2, 0.25) is 0 Å². The molecule has 118 valence electrons. The van der Waals surface area contributed by atoms with Crippen LogP contribution < -0.4 is 5.73 Å². The van der Waals surface area contributed by atoms with Crippen molar-refractivity contribution >= 4 is 23.4 Å². The summed E-state index contributed by atoms with van der Waals surface area (Å²) in [6.07, 6.45) is 0.860. The number of hydrogen-bond acceptors (Lipinski definition) is 5. The van der Waals surface area contributed by atoms with Gasteiger partial charge in [-0.2, -0.15) is 0 Å². The highest BCUT2D eigenvalue weighted by Crippen LogP contribution is 2.25. The summed E-state index contributed by atoms with van der Waals surface area (Å²) in [5.41, 5.74) is 7.05. The molecule has 21 heavy (non-hydrogen) atoms. The highest BCUT2D eigenvalue weighted by atomic mass is 32.2. The summed E-state index contributed by atoms with van der Waals surface area (Å²) in [6.45, 7) is 9.79. The number of ether oxygens (including phenoxy) is 1. The minimum Gasteiger partial charge on any atom is -0.462 e. The van der Waals surface area contributed by atoms with E-state index in [1.807, 2.05) is 13.0 Å². The fraction of sp³-hybridized carbons (Fsp3) is 0.562. The lowest BCUT2D eigenvalue weighted by atomic mass is 10.2. The van der Waals surface area contributed by atoms with E-state index in [1.54, 1.807) is 23.9 Å². The molecule has 0 aliphatic heterocycles. The van der Waals surface area contributed by atoms with Gasteiger partial charge in [-0.15, -0.1) is 11.8 Å². The predicted molar refractivity (Wildman–Crippen MR) is 89.9 cm³/mol. The molecular formula is C16H26N2O2S. The predicted octanol–water partition coefficient (Wildman–Crippen LogP) is 3.27. The van der Waals surface area contributed by atoms with Gasteiger partial charge in [0, 0.05) is 17.1 Å². The highest BCUT2D eigenvalue weighted by Gasteiger charge is 2.13. The van der Waals surface area contributed by atoms with Crippen LogP contribution in [0.3, 0.4) is 0 Å². The molecule has 1 rings (SSSR count). The van der Waals surface area contributed by atoms with Crippen LogP contribution in [0.5, 0.6) is 0 Å². The minimum absolute atomic E-state index is 0.259. The molecule has 0 aliphatic carbocycles. The molecule has 0 fully saturated rings. The molecule has 0 radical (unpaired) electrons. The standard InChI is InChI=1S/C16H26N2O2S/c1-4-18(5-2)10-7-11-20-16(19)14-9-8-13(17)12-15(14)21-6-3/h8-9,12H,4-7,10-11,17H2,1-3H3. The number of esters is 1. The Hall–Kier alpha value is -1.20. The van der Waals surface area contributed by atoms with Crippen molar-refractivity contribution in [2.24, 2.45) is 0 Å². The molecule has 0 aromatic heterocycles. The van der Waals surface area contributed by atoms with Crippen LogP contribution in [-0.4, -0.2) is 42.9 Å². The topological polar surface area (TPSA) is 55.6 Å². The number of carbonyl (C=O) groups is 1. The van der Waals surface area contributed by atoms with Crippen molar-refractivity contribution in [3.63, 3.8) is 0 Å². The van der Waals surface area contributed by atoms with E-state index in [-0.39, 0.29) is 5.97 Å². The Kier molecular flexibility index (Phi) is 8.23. The van der Waals surface area contributed by atoms with Gasteiger partial charge in [-0.05, 0) is 43.5 Å². The maximum absolute atomic E-state index is 12.1. The number of nitrogens with zero attached hydrogens (tertiary/aromatic N) is 1. The summed E-state index contributed by atoms with van der Waals surface area (Å²) in [6, 6.07) is 5.33. The first-order valence-corrected chi connectivity index (χ1v) is 8.52. The SMILES string of the molecule is CCSc1cc(N)ccc1C(=O)OCCCN(CC)CC. The largest absolute Gasteiger partial charge is 0.462 e. The van der Waals surface area contributed by atoms with Gasteiger partial charge in [-0.1, -0.05) is 20.8 Å². The maximum atomic E-state index is 12.1. The molecule has 0 saturated heterocycles. The van der Waals surface area contributed by atoms with Crippen molar-refractivity contribution in [1.82, 2.24) is 4.90 Å². The molecule has 5 heteroatoms. The fourth-order valence-corrected chi connectivity index (χ4v) is 2.89. The summed E-state index contributed by atoms with van der Waals surface area (Å²) in [7, 11) is 0. The number of carbonyl (C=O) groups excluding carboxylic acids is 1. The molecule has 4 nitrogen and oxygen atoms in total. The van der Waals surface area contributed by atoms with E-state index in [2.05, 4.69) is 18.7 Å². The molecule has 2 N–H and O–H groups in total. The molecular weight excluding hydrogens is 284 g/mol. The fourth-order valence-electron chi connectivity index (χ4n) is 2.05. The molecule has 0 saturated carbocycles. The molecule has 0 spiro atoms. The van der Waals surface area contributed by atoms with Crippen LogP contribution in [0.25, 0.3) is 0 Å². The first-order valence-electron chi connectivity index (χ1n) is 7.54. The molecule has 0 amide bonds. The molecule has 1 aromatic carbocycles. The van der Waals surface area contributed by atoms with Gasteiger partial charge in [-0.3, -0.25) is 0 Å². The summed E-state index contributed by atoms with van der Waals surface area (Å²) < 4.78 is 5.37. The van der Waals surface area contributed by atoms with E-state index in [9.17, 15) is 4.79 Å². The lowest BCUT2D eigenvalue weighted by Crippen LogP contribution is -2.25. The van der Waals surface area contributed by atoms with Crippen molar-refractivity contribution < 1.29 is 9.53 Å². The average Bonchev–Trinajstić information content (AvgIpc) is 2.47. The number of thioether (sulfide) groups is 1. The quantitative estimate of drug-likeness (QED) is 0.328. The second-order valence-corrected chi connectivity index (χ2v) is 6.01. The van der Waals surface area contributed by atoms with Crippen molar-refractivity contribution in [3.8, 4) is 0 Å². The van der Waals surface area contributed by atoms with Gasteiger partial charge < -0.3 is 15.4 Å². The Morgan fingerprint density at radius 1 is 1.29 bits per heavy atom. The van der Waals surface area contributed by atoms with Crippen molar-refractivity contribution in [1.29, 1.82) is 0 Å². The average molecular weight is 310 g/mol. The third kappa shape index (κ3) is 5.98. The van der Waals surface area contributed by atoms with Crippen LogP contribution in [-0.2, 0) is 4.74 Å². The lowest BCUT2D eigenvalue weighted by molar-refractivity contribution is 0.0485. The Bertz CT molecular complexity index is 448. The highest BCUT2D eigenvalue weighted by molar-refractivity contribution is 7.99. The van der Waals surface area contributed by atoms with E-state index in [1.165, 1.54) is 0 Å². The zero-order valence-corrected chi connectivity index (χ0v) is 14.0. The van der Waals surface area contributed by atoms with Gasteiger partial charge >= 0.3 is 5.97 Å². The zero-order chi connectivity index (χ0) is 15.7. The first-order chi connectivity index (χ1) is 10.1. The van der Waals surface area contributed by atoms with Gasteiger partial charge in [0.1, 0.15) is 0 Å². The van der Waals surface area contributed by atoms with Crippen LogP contribution in [0, 0.1) is 0 Å². The van der Waals surface area contributed by atoms with Crippen LogP contribution in [0.1, 0.15) is 37.6 Å². The van der Waals surface area contributed by atoms with E-state index in [0.29, 0.717) is 17.9 Å². The van der Waals surface area contributed by atoms with E-state index in [0.717, 1.165) is 36.7 Å². The monoisotopic (exact) mass is 310 g/mol. The number of rotatable bonds is 9. The van der Waals surface area contributed by atoms with E-state index in [4.69, 9.17) is 10.5 Å². The normalized spacial score (nSPS) is 10.9. The number of hydrogen-bond donors (Lipinski definition) is 1. The van der Waals surface area contributed by atoms with E-state index >= 15 is 0 Å². The molecule has 0 bridgehead atoms. The molecule has 0 atom stereocenters. The molecule has 0 aliphatic rings. The molecule has 0 heterocycles. The van der Waals surface area contributed by atoms with Gasteiger partial charge in [0.05, 0.1) is 12.2 Å². The summed E-state index contributed by atoms with van der Waals surface area (Å²) in [4.78, 5) is 15.4. The maximum Gasteiger partial charge on any atom is 0.339 e. The lowest BCUT2D eigenvalue weighted by Gasteiger charge is -2.17. The second-order valence-electron chi connectivity index (χ2n) is 4.70. The molecule has 0 unspecified atom stereocenters. The van der Waals surface area contributed by atoms with Crippen molar-refractivity contribution in [2.45, 2.75) is 32.1 Å². The summed E-state index contributed by atoms with van der Waals surface area (Å²) in [5, 5.41) is 0. The Morgan fingerprint density at radius 2 is 2.00 bits per heavy atom. The third-order valence-electron chi connectivity index (χ3n) is 3.27. The van der Waals surface area contributed by atoms with Gasteiger partial charge in [0.2, 0.25) is 0 Å². The minimum atomic E-state index is -0.259. The van der Waals surface area contributed by atoms with Crippen molar-refractivity contribution in [2.75, 3.05) is 37.7 Å². The Balaban J connectivity index is 2.52. The van der Waals surface area contributed by atoms with Crippen molar-refractivity contribution in [3.05, 3.63) is 23.8 Å².